The Balaban J connectivity index is 1.91. The third-order valence-electron chi connectivity index (χ3n) is 4.86. The van der Waals surface area contributed by atoms with E-state index in [2.05, 4.69) is 4.72 Å². The number of nitrogens with zero attached hydrogens (tertiary/aromatic N) is 1. The number of alkyl halides is 3. The van der Waals surface area contributed by atoms with E-state index in [1.165, 1.54) is 6.07 Å². The van der Waals surface area contributed by atoms with Crippen LogP contribution in [0.25, 0.3) is 0 Å². The lowest BCUT2D eigenvalue weighted by atomic mass is 10.0. The van der Waals surface area contributed by atoms with Crippen LogP contribution < -0.4 is 4.72 Å². The fourth-order valence-corrected chi connectivity index (χ4v) is 4.86. The summed E-state index contributed by atoms with van der Waals surface area (Å²) in [7, 11) is -4.37. The number of nitriles is 1. The van der Waals surface area contributed by atoms with Crippen LogP contribution in [0.3, 0.4) is 0 Å². The second-order valence-corrected chi connectivity index (χ2v) is 8.91. The normalized spacial score (nSPS) is 16.8. The van der Waals surface area contributed by atoms with Crippen LogP contribution in [0.4, 0.5) is 13.2 Å². The first-order valence-corrected chi connectivity index (χ1v) is 10.2. The van der Waals surface area contributed by atoms with E-state index in [0.717, 1.165) is 23.3 Å². The van der Waals surface area contributed by atoms with Gasteiger partial charge in [-0.2, -0.15) is 18.4 Å². The molecule has 4 nitrogen and oxygen atoms in total. The Morgan fingerprint density at radius 3 is 2.39 bits per heavy atom. The van der Waals surface area contributed by atoms with Gasteiger partial charge in [-0.3, -0.25) is 0 Å². The van der Waals surface area contributed by atoms with Crippen molar-refractivity contribution in [2.45, 2.75) is 49.7 Å². The van der Waals surface area contributed by atoms with Crippen molar-refractivity contribution in [1.82, 2.24) is 4.72 Å². The van der Waals surface area contributed by atoms with E-state index in [9.17, 15) is 21.6 Å². The molecule has 0 bridgehead atoms. The van der Waals surface area contributed by atoms with Crippen LogP contribution in [0, 0.1) is 11.3 Å². The summed E-state index contributed by atoms with van der Waals surface area (Å²) >= 11 is 0. The standard InChI is InChI=1S/C20H19F3N2O2S/c1-12(2)14-5-6-19(18(10-14)20(21,22)23)28(26,27)25-17-8-15-4-3-13(11-24)7-16(15)9-17/h3-7,10,12,17,25H,8-9H2,1-2H3. The van der Waals surface area contributed by atoms with E-state index in [4.69, 9.17) is 5.26 Å². The summed E-state index contributed by atoms with van der Waals surface area (Å²) in [4.78, 5) is -0.766. The number of hydrogen-bond donors (Lipinski definition) is 1. The molecule has 2 aromatic carbocycles. The second-order valence-electron chi connectivity index (χ2n) is 7.23. The number of halogens is 3. The van der Waals surface area contributed by atoms with Gasteiger partial charge in [-0.25, -0.2) is 13.1 Å². The van der Waals surface area contributed by atoms with Gasteiger partial charge >= 0.3 is 6.18 Å². The monoisotopic (exact) mass is 408 g/mol. The lowest BCUT2D eigenvalue weighted by Gasteiger charge is -2.18. The molecule has 0 fully saturated rings. The maximum Gasteiger partial charge on any atom is 0.417 e. The highest BCUT2D eigenvalue weighted by molar-refractivity contribution is 7.89. The van der Waals surface area contributed by atoms with Gasteiger partial charge in [-0.1, -0.05) is 26.0 Å². The molecule has 8 heteroatoms. The summed E-state index contributed by atoms with van der Waals surface area (Å²) in [6.07, 6.45) is -4.09. The molecule has 0 saturated carbocycles. The maximum atomic E-state index is 13.5. The first-order chi connectivity index (χ1) is 13.0. The first kappa shape index (κ1) is 20.4. The first-order valence-electron chi connectivity index (χ1n) is 8.76. The lowest BCUT2D eigenvalue weighted by Crippen LogP contribution is -2.36. The van der Waals surface area contributed by atoms with Gasteiger partial charge in [-0.05, 0) is 59.7 Å². The van der Waals surface area contributed by atoms with Crippen molar-refractivity contribution in [2.24, 2.45) is 0 Å². The van der Waals surface area contributed by atoms with Gasteiger partial charge < -0.3 is 0 Å². The van der Waals surface area contributed by atoms with Crippen molar-refractivity contribution < 1.29 is 21.6 Å². The molecule has 1 atom stereocenters. The van der Waals surface area contributed by atoms with Crippen molar-refractivity contribution in [2.75, 3.05) is 0 Å². The Hall–Kier alpha value is -2.37. The lowest BCUT2D eigenvalue weighted by molar-refractivity contribution is -0.139. The van der Waals surface area contributed by atoms with Gasteiger partial charge in [0.25, 0.3) is 0 Å². The average Bonchev–Trinajstić information content (AvgIpc) is 3.00. The molecule has 1 unspecified atom stereocenters. The highest BCUT2D eigenvalue weighted by atomic mass is 32.2. The topological polar surface area (TPSA) is 70.0 Å². The fraction of sp³-hybridized carbons (Fsp3) is 0.350. The van der Waals surface area contributed by atoms with Gasteiger partial charge in [0.2, 0.25) is 10.0 Å². The highest BCUT2D eigenvalue weighted by Crippen LogP contribution is 2.36. The molecular formula is C20H19F3N2O2S. The minimum absolute atomic E-state index is 0.163. The van der Waals surface area contributed by atoms with Crippen molar-refractivity contribution in [3.8, 4) is 6.07 Å². The van der Waals surface area contributed by atoms with E-state index in [-0.39, 0.29) is 5.92 Å². The van der Waals surface area contributed by atoms with Crippen LogP contribution in [0.2, 0.25) is 0 Å². The van der Waals surface area contributed by atoms with Crippen LogP contribution >= 0.6 is 0 Å². The van der Waals surface area contributed by atoms with E-state index < -0.39 is 32.7 Å². The fourth-order valence-electron chi connectivity index (χ4n) is 3.42. The Labute approximate surface area is 162 Å². The molecule has 0 radical (unpaired) electrons. The van der Waals surface area contributed by atoms with Gasteiger partial charge in [0.15, 0.2) is 0 Å². The van der Waals surface area contributed by atoms with Crippen LogP contribution in [0.1, 0.15) is 47.6 Å². The van der Waals surface area contributed by atoms with E-state index in [1.807, 2.05) is 6.07 Å². The molecule has 0 saturated heterocycles. The zero-order valence-corrected chi connectivity index (χ0v) is 16.2. The zero-order chi connectivity index (χ0) is 20.7. The van der Waals surface area contributed by atoms with Gasteiger partial charge in [0, 0.05) is 6.04 Å². The van der Waals surface area contributed by atoms with E-state index in [1.54, 1.807) is 32.0 Å². The zero-order valence-electron chi connectivity index (χ0n) is 15.3. The maximum absolute atomic E-state index is 13.5. The van der Waals surface area contributed by atoms with Crippen LogP contribution in [-0.4, -0.2) is 14.5 Å². The molecule has 148 valence electrons. The van der Waals surface area contributed by atoms with Gasteiger partial charge in [-0.15, -0.1) is 0 Å². The summed E-state index contributed by atoms with van der Waals surface area (Å²) in [5.41, 5.74) is 1.44. The third-order valence-corrected chi connectivity index (χ3v) is 6.43. The molecule has 0 aliphatic heterocycles. The molecule has 1 aliphatic rings. The Morgan fingerprint density at radius 2 is 1.79 bits per heavy atom. The number of benzene rings is 2. The van der Waals surface area contributed by atoms with Crippen molar-refractivity contribution in [3.63, 3.8) is 0 Å². The highest BCUT2D eigenvalue weighted by Gasteiger charge is 2.38. The van der Waals surface area contributed by atoms with Crippen LogP contribution in [0.15, 0.2) is 41.3 Å². The predicted molar refractivity (Wildman–Crippen MR) is 98.2 cm³/mol. The minimum atomic E-state index is -4.78. The molecule has 2 aromatic rings. The number of hydrogen-bond acceptors (Lipinski definition) is 3. The average molecular weight is 408 g/mol. The molecule has 1 aliphatic carbocycles. The number of fused-ring (bicyclic) bond motifs is 1. The Kier molecular flexibility index (Phi) is 5.26. The summed E-state index contributed by atoms with van der Waals surface area (Å²) in [5.74, 6) is -0.163. The minimum Gasteiger partial charge on any atom is -0.207 e. The quantitative estimate of drug-likeness (QED) is 0.826. The van der Waals surface area contributed by atoms with Crippen molar-refractivity contribution >= 4 is 10.0 Å². The SMILES string of the molecule is CC(C)c1ccc(S(=O)(=O)NC2Cc3ccc(C#N)cc3C2)c(C(F)(F)F)c1. The van der Waals surface area contributed by atoms with Crippen molar-refractivity contribution in [1.29, 1.82) is 5.26 Å². The largest absolute Gasteiger partial charge is 0.417 e. The molecule has 0 amide bonds. The molecule has 0 heterocycles. The summed E-state index contributed by atoms with van der Waals surface area (Å²) in [6, 6.07) is 9.88. The molecule has 28 heavy (non-hydrogen) atoms. The molecule has 0 aromatic heterocycles. The smallest absolute Gasteiger partial charge is 0.207 e. The number of nitrogens with one attached hydrogen (secondary N) is 1. The van der Waals surface area contributed by atoms with Crippen molar-refractivity contribution in [3.05, 3.63) is 64.2 Å². The summed E-state index contributed by atoms with van der Waals surface area (Å²) < 4.78 is 68.4. The third kappa shape index (κ3) is 4.05. The van der Waals surface area contributed by atoms with E-state index >= 15 is 0 Å². The van der Waals surface area contributed by atoms with Crippen LogP contribution in [0.5, 0.6) is 0 Å². The summed E-state index contributed by atoms with van der Waals surface area (Å²) in [6.45, 7) is 3.49. The number of rotatable bonds is 4. The number of sulfonamides is 1. The molecule has 3 rings (SSSR count). The van der Waals surface area contributed by atoms with Gasteiger partial charge in [0.1, 0.15) is 0 Å². The Bertz CT molecular complexity index is 1050. The van der Waals surface area contributed by atoms with Gasteiger partial charge in [0.05, 0.1) is 22.1 Å². The summed E-state index contributed by atoms with van der Waals surface area (Å²) in [5, 5.41) is 8.97. The Morgan fingerprint density at radius 1 is 1.11 bits per heavy atom. The molecule has 0 spiro atoms. The molecular weight excluding hydrogens is 389 g/mol. The van der Waals surface area contributed by atoms with E-state index in [0.29, 0.717) is 24.0 Å². The van der Waals surface area contributed by atoms with Crippen LogP contribution in [-0.2, 0) is 29.0 Å². The molecule has 1 N–H and O–H groups in total. The predicted octanol–water partition coefficient (Wildman–Crippen LogP) is 4.15. The second kappa shape index (κ2) is 7.22.